The number of thioether (sulfide) groups is 1. The van der Waals surface area contributed by atoms with Gasteiger partial charge in [0.2, 0.25) is 0 Å². The highest BCUT2D eigenvalue weighted by Gasteiger charge is 2.31. The third-order valence-electron chi connectivity index (χ3n) is 3.85. The fourth-order valence-electron chi connectivity index (χ4n) is 2.48. The quantitative estimate of drug-likeness (QED) is 0.392. The van der Waals surface area contributed by atoms with Crippen LogP contribution in [0.3, 0.4) is 0 Å². The number of aryl methyl sites for hydroxylation is 1. The third-order valence-corrected chi connectivity index (χ3v) is 6.05. The van der Waals surface area contributed by atoms with E-state index in [4.69, 9.17) is 12.2 Å². The van der Waals surface area contributed by atoms with Crippen LogP contribution >= 0.6 is 35.3 Å². The number of nitrogens with one attached hydrogen (secondary N) is 1. The molecule has 3 heterocycles. The maximum absolute atomic E-state index is 12.5. The number of imidazole rings is 1. The van der Waals surface area contributed by atoms with Gasteiger partial charge in [0.25, 0.3) is 5.91 Å². The summed E-state index contributed by atoms with van der Waals surface area (Å²) in [5.74, 6) is -0.0127. The van der Waals surface area contributed by atoms with Gasteiger partial charge in [-0.15, -0.1) is 11.3 Å². The average molecular weight is 405 g/mol. The van der Waals surface area contributed by atoms with Gasteiger partial charge in [-0.1, -0.05) is 36.6 Å². The summed E-state index contributed by atoms with van der Waals surface area (Å²) in [6.07, 6.45) is 9.12. The summed E-state index contributed by atoms with van der Waals surface area (Å²) < 4.78 is 2.66. The lowest BCUT2D eigenvalue weighted by Gasteiger charge is -2.16. The Morgan fingerprint density at radius 2 is 2.31 bits per heavy atom. The number of hydrogen-bond acceptors (Lipinski definition) is 6. The second-order valence-electron chi connectivity index (χ2n) is 5.78. The van der Waals surface area contributed by atoms with Crippen LogP contribution in [-0.2, 0) is 11.3 Å². The summed E-state index contributed by atoms with van der Waals surface area (Å²) in [7, 11) is 0. The molecule has 0 radical (unpaired) electrons. The maximum atomic E-state index is 12.5. The number of carbonyl (C=O) groups excluding carboxylic acids is 1. The van der Waals surface area contributed by atoms with Crippen molar-refractivity contribution in [3.05, 3.63) is 58.3 Å². The first kappa shape index (κ1) is 18.9. The predicted octanol–water partition coefficient (Wildman–Crippen LogP) is 3.73. The standard InChI is InChI=1S/C18H20N4OS3/c1-14(20-6-3-8-21-10-7-19-13-21)5-9-22-17(23)16(26-18(22)24)12-15-4-2-11-25-15/h2,4,7,10-13,20H,1,3,5-6,8-9H2/b16-12+. The van der Waals surface area contributed by atoms with Crippen LogP contribution in [0.1, 0.15) is 17.7 Å². The lowest BCUT2D eigenvalue weighted by atomic mass is 10.3. The van der Waals surface area contributed by atoms with Gasteiger partial charge in [0.1, 0.15) is 4.32 Å². The first-order valence-electron chi connectivity index (χ1n) is 8.30. The van der Waals surface area contributed by atoms with Crippen molar-refractivity contribution >= 4 is 51.6 Å². The number of nitrogens with zero attached hydrogens (tertiary/aromatic N) is 3. The third kappa shape index (κ3) is 5.06. The molecule has 0 spiro atoms. The zero-order valence-electron chi connectivity index (χ0n) is 14.3. The predicted molar refractivity (Wildman–Crippen MR) is 113 cm³/mol. The van der Waals surface area contributed by atoms with Crippen molar-refractivity contribution in [3.8, 4) is 0 Å². The number of rotatable bonds is 9. The fourth-order valence-corrected chi connectivity index (χ4v) is 4.51. The Bertz CT molecular complexity index is 797. The highest BCUT2D eigenvalue weighted by Crippen LogP contribution is 2.33. The van der Waals surface area contributed by atoms with Crippen LogP contribution in [0.25, 0.3) is 6.08 Å². The molecule has 0 saturated carbocycles. The molecule has 1 aliphatic heterocycles. The van der Waals surface area contributed by atoms with Crippen molar-refractivity contribution in [3.63, 3.8) is 0 Å². The zero-order valence-corrected chi connectivity index (χ0v) is 16.7. The molecule has 0 aromatic carbocycles. The number of carbonyl (C=O) groups is 1. The van der Waals surface area contributed by atoms with E-state index in [1.54, 1.807) is 22.4 Å². The first-order valence-corrected chi connectivity index (χ1v) is 10.4. The lowest BCUT2D eigenvalue weighted by Crippen LogP contribution is -2.30. The van der Waals surface area contributed by atoms with Gasteiger partial charge in [0.15, 0.2) is 0 Å². The number of thiocarbonyl (C=S) groups is 1. The SMILES string of the molecule is C=C(CCN1C(=O)/C(=C\c2cccs2)SC1=S)NCCCn1ccnc1. The van der Waals surface area contributed by atoms with Crippen molar-refractivity contribution in [1.29, 1.82) is 0 Å². The molecule has 1 amide bonds. The van der Waals surface area contributed by atoms with E-state index in [9.17, 15) is 4.79 Å². The largest absolute Gasteiger partial charge is 0.389 e. The van der Waals surface area contributed by atoms with Crippen molar-refractivity contribution in [1.82, 2.24) is 19.8 Å². The Hall–Kier alpha value is -1.90. The first-order chi connectivity index (χ1) is 12.6. The summed E-state index contributed by atoms with van der Waals surface area (Å²) in [5.41, 5.74) is 0.923. The van der Waals surface area contributed by atoms with Gasteiger partial charge < -0.3 is 9.88 Å². The van der Waals surface area contributed by atoms with Crippen LogP contribution in [0.5, 0.6) is 0 Å². The van der Waals surface area contributed by atoms with Gasteiger partial charge in [-0.05, 0) is 23.9 Å². The number of amides is 1. The molecular weight excluding hydrogens is 384 g/mol. The van der Waals surface area contributed by atoms with Crippen molar-refractivity contribution in [2.75, 3.05) is 13.1 Å². The maximum Gasteiger partial charge on any atom is 0.266 e. The number of aromatic nitrogens is 2. The molecule has 1 N–H and O–H groups in total. The minimum Gasteiger partial charge on any atom is -0.389 e. The zero-order chi connectivity index (χ0) is 18.4. The monoisotopic (exact) mass is 404 g/mol. The van der Waals surface area contributed by atoms with Crippen LogP contribution in [0.4, 0.5) is 0 Å². The molecule has 1 fully saturated rings. The van der Waals surface area contributed by atoms with Gasteiger partial charge in [-0.2, -0.15) is 0 Å². The van der Waals surface area contributed by atoms with Gasteiger partial charge in [0, 0.05) is 49.0 Å². The lowest BCUT2D eigenvalue weighted by molar-refractivity contribution is -0.122. The average Bonchev–Trinajstić information content (AvgIpc) is 3.35. The summed E-state index contributed by atoms with van der Waals surface area (Å²) >= 11 is 8.34. The molecule has 2 aromatic rings. The van der Waals surface area contributed by atoms with Crippen molar-refractivity contribution < 1.29 is 4.79 Å². The molecule has 8 heteroatoms. The van der Waals surface area contributed by atoms with E-state index in [1.807, 2.05) is 40.7 Å². The van der Waals surface area contributed by atoms with E-state index in [-0.39, 0.29) is 5.91 Å². The van der Waals surface area contributed by atoms with Crippen LogP contribution in [-0.4, -0.2) is 37.8 Å². The molecule has 1 aliphatic rings. The minimum atomic E-state index is -0.0127. The van der Waals surface area contributed by atoms with E-state index >= 15 is 0 Å². The summed E-state index contributed by atoms with van der Waals surface area (Å²) in [4.78, 5) is 20.0. The molecule has 0 unspecified atom stereocenters. The van der Waals surface area contributed by atoms with Gasteiger partial charge in [-0.3, -0.25) is 9.69 Å². The molecule has 0 atom stereocenters. The van der Waals surface area contributed by atoms with E-state index in [1.165, 1.54) is 11.8 Å². The second-order valence-corrected chi connectivity index (χ2v) is 8.44. The molecule has 26 heavy (non-hydrogen) atoms. The van der Waals surface area contributed by atoms with E-state index in [0.29, 0.717) is 22.2 Å². The molecule has 0 aliphatic carbocycles. The van der Waals surface area contributed by atoms with Gasteiger partial charge in [-0.25, -0.2) is 4.98 Å². The van der Waals surface area contributed by atoms with Gasteiger partial charge in [0.05, 0.1) is 11.2 Å². The molecule has 136 valence electrons. The summed E-state index contributed by atoms with van der Waals surface area (Å²) in [5, 5.41) is 5.31. The van der Waals surface area contributed by atoms with E-state index < -0.39 is 0 Å². The van der Waals surface area contributed by atoms with Gasteiger partial charge >= 0.3 is 0 Å². The van der Waals surface area contributed by atoms with Crippen molar-refractivity contribution in [2.24, 2.45) is 0 Å². The Morgan fingerprint density at radius 3 is 3.04 bits per heavy atom. The molecule has 1 saturated heterocycles. The van der Waals surface area contributed by atoms with Crippen LogP contribution < -0.4 is 5.32 Å². The minimum absolute atomic E-state index is 0.0127. The highest BCUT2D eigenvalue weighted by molar-refractivity contribution is 8.26. The molecule has 3 rings (SSSR count). The summed E-state index contributed by atoms with van der Waals surface area (Å²) in [6, 6.07) is 3.96. The smallest absolute Gasteiger partial charge is 0.266 e. The van der Waals surface area contributed by atoms with Crippen LogP contribution in [0, 0.1) is 0 Å². The van der Waals surface area contributed by atoms with Crippen molar-refractivity contribution in [2.45, 2.75) is 19.4 Å². The van der Waals surface area contributed by atoms with Crippen LogP contribution in [0.2, 0.25) is 0 Å². The van der Waals surface area contributed by atoms with Crippen LogP contribution in [0.15, 0.2) is 53.4 Å². The number of thiophene rings is 1. The molecule has 0 bridgehead atoms. The second kappa shape index (κ2) is 9.16. The van der Waals surface area contributed by atoms with E-state index in [2.05, 4.69) is 16.9 Å². The Morgan fingerprint density at radius 1 is 1.42 bits per heavy atom. The molecule has 5 nitrogen and oxygen atoms in total. The Labute approximate surface area is 166 Å². The number of hydrogen-bond donors (Lipinski definition) is 1. The Balaban J connectivity index is 1.41. The summed E-state index contributed by atoms with van der Waals surface area (Å²) in [6.45, 7) is 6.36. The topological polar surface area (TPSA) is 50.2 Å². The molecule has 2 aromatic heterocycles. The normalized spacial score (nSPS) is 15.8. The van der Waals surface area contributed by atoms with E-state index in [0.717, 1.165) is 30.1 Å². The Kier molecular flexibility index (Phi) is 6.65. The highest BCUT2D eigenvalue weighted by atomic mass is 32.2. The molecular formula is C18H20N4OS3. The fraction of sp³-hybridized carbons (Fsp3) is 0.278.